The second-order valence-electron chi connectivity index (χ2n) is 5.36. The van der Waals surface area contributed by atoms with Gasteiger partial charge < -0.3 is 9.84 Å². The summed E-state index contributed by atoms with van der Waals surface area (Å²) in [7, 11) is 1.70. The van der Waals surface area contributed by atoms with E-state index in [9.17, 15) is 5.11 Å². The van der Waals surface area contributed by atoms with Gasteiger partial charge in [-0.2, -0.15) is 0 Å². The van der Waals surface area contributed by atoms with Crippen LogP contribution in [-0.2, 0) is 0 Å². The van der Waals surface area contributed by atoms with Gasteiger partial charge in [0.1, 0.15) is 5.75 Å². The van der Waals surface area contributed by atoms with Crippen LogP contribution in [0.5, 0.6) is 5.75 Å². The maximum atomic E-state index is 9.92. The van der Waals surface area contributed by atoms with Crippen molar-refractivity contribution in [2.24, 2.45) is 5.92 Å². The fourth-order valence-corrected chi connectivity index (χ4v) is 4.15. The number of thioether (sulfide) groups is 1. The molecule has 0 heterocycles. The predicted molar refractivity (Wildman–Crippen MR) is 79.4 cm³/mol. The third kappa shape index (κ3) is 3.22. The second kappa shape index (κ2) is 5.43. The van der Waals surface area contributed by atoms with E-state index < -0.39 is 5.60 Å². The number of methoxy groups -OCH3 is 1. The molecule has 0 bridgehead atoms. The molecule has 0 unspecified atom stereocenters. The quantitative estimate of drug-likeness (QED) is 0.901. The van der Waals surface area contributed by atoms with E-state index in [2.05, 4.69) is 22.0 Å². The van der Waals surface area contributed by atoms with E-state index in [0.29, 0.717) is 11.2 Å². The van der Waals surface area contributed by atoms with Gasteiger partial charge in [-0.3, -0.25) is 0 Å². The first kappa shape index (κ1) is 14.2. The van der Waals surface area contributed by atoms with Crippen molar-refractivity contribution in [1.29, 1.82) is 0 Å². The molecule has 2 nitrogen and oxygen atoms in total. The normalized spacial score (nSPS) is 23.6. The van der Waals surface area contributed by atoms with Crippen LogP contribution in [0.25, 0.3) is 0 Å². The average molecular weight is 331 g/mol. The molecule has 0 amide bonds. The molecule has 0 aromatic heterocycles. The lowest BCUT2D eigenvalue weighted by Crippen LogP contribution is -2.41. The molecule has 0 radical (unpaired) electrons. The predicted octanol–water partition coefficient (Wildman–Crippen LogP) is 4.10. The standard InChI is InChI=1S/C14H19BrO2S/c1-14(2,16)9-6-11(7-9)18-13-8-10(15)4-5-12(13)17-3/h4-5,8-9,11,16H,6-7H2,1-3H3. The Morgan fingerprint density at radius 1 is 1.39 bits per heavy atom. The largest absolute Gasteiger partial charge is 0.496 e. The zero-order valence-electron chi connectivity index (χ0n) is 10.9. The maximum absolute atomic E-state index is 9.92. The van der Waals surface area contributed by atoms with Gasteiger partial charge in [0.25, 0.3) is 0 Å². The topological polar surface area (TPSA) is 29.5 Å². The second-order valence-corrected chi connectivity index (χ2v) is 7.61. The van der Waals surface area contributed by atoms with Crippen LogP contribution in [0.4, 0.5) is 0 Å². The fourth-order valence-electron chi connectivity index (χ4n) is 2.16. The number of halogens is 1. The summed E-state index contributed by atoms with van der Waals surface area (Å²) >= 11 is 5.34. The first-order chi connectivity index (χ1) is 8.40. The summed E-state index contributed by atoms with van der Waals surface area (Å²) < 4.78 is 6.45. The summed E-state index contributed by atoms with van der Waals surface area (Å²) in [6.45, 7) is 3.80. The average Bonchev–Trinajstić information content (AvgIpc) is 2.21. The van der Waals surface area contributed by atoms with Gasteiger partial charge in [0, 0.05) is 9.72 Å². The van der Waals surface area contributed by atoms with E-state index in [1.54, 1.807) is 7.11 Å². The number of hydrogen-bond acceptors (Lipinski definition) is 3. The minimum absolute atomic E-state index is 0.424. The van der Waals surface area contributed by atoms with E-state index >= 15 is 0 Å². The summed E-state index contributed by atoms with van der Waals surface area (Å²) in [5, 5.41) is 10.5. The molecular formula is C14H19BrO2S. The highest BCUT2D eigenvalue weighted by molar-refractivity contribution is 9.10. The number of aliphatic hydroxyl groups is 1. The molecule has 0 spiro atoms. The van der Waals surface area contributed by atoms with Crippen molar-refractivity contribution in [1.82, 2.24) is 0 Å². The Kier molecular flexibility index (Phi) is 4.29. The van der Waals surface area contributed by atoms with Gasteiger partial charge in [0.2, 0.25) is 0 Å². The third-order valence-electron chi connectivity index (χ3n) is 3.51. The lowest BCUT2D eigenvalue weighted by atomic mass is 9.74. The Morgan fingerprint density at radius 3 is 2.61 bits per heavy atom. The van der Waals surface area contributed by atoms with E-state index in [4.69, 9.17) is 4.74 Å². The van der Waals surface area contributed by atoms with Gasteiger partial charge in [0.05, 0.1) is 17.6 Å². The van der Waals surface area contributed by atoms with E-state index in [1.165, 1.54) is 4.90 Å². The first-order valence-corrected chi connectivity index (χ1v) is 7.80. The summed E-state index contributed by atoms with van der Waals surface area (Å²) in [4.78, 5) is 1.17. The number of hydrogen-bond donors (Lipinski definition) is 1. The van der Waals surface area contributed by atoms with Crippen molar-refractivity contribution >= 4 is 27.7 Å². The van der Waals surface area contributed by atoms with Crippen LogP contribution < -0.4 is 4.74 Å². The van der Waals surface area contributed by atoms with E-state index in [-0.39, 0.29) is 0 Å². The Hall–Kier alpha value is -0.190. The van der Waals surface area contributed by atoms with Crippen LogP contribution >= 0.6 is 27.7 Å². The zero-order chi connectivity index (χ0) is 13.3. The molecule has 2 rings (SSSR count). The summed E-state index contributed by atoms with van der Waals surface area (Å²) in [6, 6.07) is 6.07. The van der Waals surface area contributed by atoms with Gasteiger partial charge in [-0.1, -0.05) is 15.9 Å². The molecule has 1 fully saturated rings. The molecule has 1 aliphatic rings. The van der Waals surface area contributed by atoms with E-state index in [0.717, 1.165) is 23.1 Å². The van der Waals surface area contributed by atoms with Crippen LogP contribution in [0.1, 0.15) is 26.7 Å². The van der Waals surface area contributed by atoms with Crippen LogP contribution in [-0.4, -0.2) is 23.1 Å². The summed E-state index contributed by atoms with van der Waals surface area (Å²) in [5.41, 5.74) is -0.543. The molecule has 4 heteroatoms. The minimum atomic E-state index is -0.543. The highest BCUT2D eigenvalue weighted by Gasteiger charge is 2.39. The van der Waals surface area contributed by atoms with Gasteiger partial charge in [-0.15, -0.1) is 11.8 Å². The van der Waals surface area contributed by atoms with Crippen LogP contribution in [0.15, 0.2) is 27.6 Å². The maximum Gasteiger partial charge on any atom is 0.132 e. The molecule has 100 valence electrons. The molecule has 1 saturated carbocycles. The lowest BCUT2D eigenvalue weighted by molar-refractivity contribution is -0.0154. The number of benzene rings is 1. The Balaban J connectivity index is 1.98. The van der Waals surface area contributed by atoms with Crippen molar-refractivity contribution in [3.05, 3.63) is 22.7 Å². The monoisotopic (exact) mass is 330 g/mol. The van der Waals surface area contributed by atoms with Gasteiger partial charge in [0.15, 0.2) is 0 Å². The lowest BCUT2D eigenvalue weighted by Gasteiger charge is -2.42. The highest BCUT2D eigenvalue weighted by Crippen LogP contribution is 2.47. The van der Waals surface area contributed by atoms with Crippen molar-refractivity contribution in [2.45, 2.75) is 42.4 Å². The van der Waals surface area contributed by atoms with Crippen LogP contribution in [0.2, 0.25) is 0 Å². The van der Waals surface area contributed by atoms with Crippen molar-refractivity contribution < 1.29 is 9.84 Å². The Labute approximate surface area is 121 Å². The van der Waals surface area contributed by atoms with Gasteiger partial charge >= 0.3 is 0 Å². The fraction of sp³-hybridized carbons (Fsp3) is 0.571. The van der Waals surface area contributed by atoms with Gasteiger partial charge in [-0.25, -0.2) is 0 Å². The Morgan fingerprint density at radius 2 is 2.06 bits per heavy atom. The Bertz CT molecular complexity index is 422. The molecule has 1 N–H and O–H groups in total. The molecular weight excluding hydrogens is 312 g/mol. The van der Waals surface area contributed by atoms with Crippen molar-refractivity contribution in [2.75, 3.05) is 7.11 Å². The molecule has 1 aromatic rings. The van der Waals surface area contributed by atoms with Crippen LogP contribution in [0.3, 0.4) is 0 Å². The van der Waals surface area contributed by atoms with Crippen LogP contribution in [0, 0.1) is 5.92 Å². The summed E-state index contributed by atoms with van der Waals surface area (Å²) in [6.07, 6.45) is 2.15. The number of rotatable bonds is 4. The zero-order valence-corrected chi connectivity index (χ0v) is 13.3. The molecule has 0 saturated heterocycles. The molecule has 1 aromatic carbocycles. The third-order valence-corrected chi connectivity index (χ3v) is 5.30. The number of ether oxygens (including phenoxy) is 1. The molecule has 0 aliphatic heterocycles. The molecule has 18 heavy (non-hydrogen) atoms. The summed E-state index contributed by atoms with van der Waals surface area (Å²) in [5.74, 6) is 1.35. The highest BCUT2D eigenvalue weighted by atomic mass is 79.9. The van der Waals surface area contributed by atoms with Crippen molar-refractivity contribution in [3.8, 4) is 5.75 Å². The molecule has 1 aliphatic carbocycles. The smallest absolute Gasteiger partial charge is 0.132 e. The SMILES string of the molecule is COc1ccc(Br)cc1SC1CC(C(C)(C)O)C1. The molecule has 0 atom stereocenters. The van der Waals surface area contributed by atoms with Crippen molar-refractivity contribution in [3.63, 3.8) is 0 Å². The van der Waals surface area contributed by atoms with E-state index in [1.807, 2.05) is 37.7 Å². The first-order valence-electron chi connectivity index (χ1n) is 6.12. The minimum Gasteiger partial charge on any atom is -0.496 e. The van der Waals surface area contributed by atoms with Gasteiger partial charge in [-0.05, 0) is 50.8 Å².